The molecule has 1 saturated heterocycles. The molecule has 1 atom stereocenters. The number of nitrogens with zero attached hydrogens (tertiary/aromatic N) is 2. The molecule has 3 rings (SSSR count). The maximum absolute atomic E-state index is 12.8. The van der Waals surface area contributed by atoms with Gasteiger partial charge in [0.15, 0.2) is 0 Å². The number of rotatable bonds is 5. The number of ether oxygens (including phenoxy) is 1. The lowest BCUT2D eigenvalue weighted by atomic mass is 10.1. The summed E-state index contributed by atoms with van der Waals surface area (Å²) < 4.78 is 31.6. The van der Waals surface area contributed by atoms with E-state index in [1.54, 1.807) is 48.5 Å². The maximum atomic E-state index is 12.8. The van der Waals surface area contributed by atoms with E-state index in [4.69, 9.17) is 4.74 Å². The fourth-order valence-electron chi connectivity index (χ4n) is 3.38. The summed E-state index contributed by atoms with van der Waals surface area (Å²) in [6.07, 6.45) is 1.31. The number of anilines is 1. The van der Waals surface area contributed by atoms with Crippen molar-refractivity contribution in [2.45, 2.75) is 30.7 Å². The van der Waals surface area contributed by atoms with Gasteiger partial charge in [0.2, 0.25) is 0 Å². The molecule has 0 bridgehead atoms. The van der Waals surface area contributed by atoms with E-state index in [1.807, 2.05) is 6.92 Å². The number of hydrogen-bond donors (Lipinski definition) is 0. The van der Waals surface area contributed by atoms with Crippen molar-refractivity contribution in [3.63, 3.8) is 0 Å². The van der Waals surface area contributed by atoms with Crippen LogP contribution in [0.4, 0.5) is 5.69 Å². The van der Waals surface area contributed by atoms with Crippen LogP contribution in [0.15, 0.2) is 53.4 Å². The Bertz CT molecular complexity index is 1000. The SMILES string of the molecule is COC(=O)C1CCCN1C(=O)c1ccc(N(C)S(=O)(=O)c2ccc(C)cc2)cc1. The standard InChI is InChI=1S/C21H24N2O5S/c1-15-6-12-18(13-7-15)29(26,27)22(2)17-10-8-16(9-11-17)20(24)23-14-4-5-19(23)21(25)28-3/h6-13,19H,4-5,14H2,1-3H3. The molecule has 1 heterocycles. The smallest absolute Gasteiger partial charge is 0.328 e. The molecule has 0 saturated carbocycles. The van der Waals surface area contributed by atoms with Gasteiger partial charge in [0.1, 0.15) is 6.04 Å². The molecule has 0 aromatic heterocycles. The number of aryl methyl sites for hydroxylation is 1. The second-order valence-electron chi connectivity index (χ2n) is 7.01. The molecule has 0 N–H and O–H groups in total. The quantitative estimate of drug-likeness (QED) is 0.700. The van der Waals surface area contributed by atoms with Gasteiger partial charge < -0.3 is 9.64 Å². The van der Waals surface area contributed by atoms with Crippen LogP contribution in [0.5, 0.6) is 0 Å². The predicted octanol–water partition coefficient (Wildman–Crippen LogP) is 2.60. The van der Waals surface area contributed by atoms with Crippen molar-refractivity contribution in [1.29, 1.82) is 0 Å². The van der Waals surface area contributed by atoms with Crippen molar-refractivity contribution < 1.29 is 22.7 Å². The molecule has 1 fully saturated rings. The van der Waals surface area contributed by atoms with Crippen molar-refractivity contribution in [3.05, 3.63) is 59.7 Å². The molecule has 1 amide bonds. The highest BCUT2D eigenvalue weighted by atomic mass is 32.2. The van der Waals surface area contributed by atoms with Crippen molar-refractivity contribution in [1.82, 2.24) is 4.90 Å². The monoisotopic (exact) mass is 416 g/mol. The van der Waals surface area contributed by atoms with Gasteiger partial charge >= 0.3 is 5.97 Å². The van der Waals surface area contributed by atoms with Crippen molar-refractivity contribution in [3.8, 4) is 0 Å². The first-order valence-corrected chi connectivity index (χ1v) is 10.7. The zero-order valence-corrected chi connectivity index (χ0v) is 17.5. The van der Waals surface area contributed by atoms with E-state index in [0.717, 1.165) is 12.0 Å². The first-order valence-electron chi connectivity index (χ1n) is 9.30. The van der Waals surface area contributed by atoms with Gasteiger partial charge in [0.05, 0.1) is 17.7 Å². The first-order chi connectivity index (χ1) is 13.8. The highest BCUT2D eigenvalue weighted by Gasteiger charge is 2.35. The van der Waals surface area contributed by atoms with Crippen molar-refractivity contribution in [2.75, 3.05) is 25.0 Å². The van der Waals surface area contributed by atoms with Crippen molar-refractivity contribution in [2.24, 2.45) is 0 Å². The Morgan fingerprint density at radius 2 is 1.69 bits per heavy atom. The second-order valence-corrected chi connectivity index (χ2v) is 8.98. The van der Waals surface area contributed by atoms with Crippen LogP contribution < -0.4 is 4.31 Å². The first kappa shape index (κ1) is 20.9. The van der Waals surface area contributed by atoms with E-state index >= 15 is 0 Å². The number of hydrogen-bond acceptors (Lipinski definition) is 5. The molecule has 0 aliphatic carbocycles. The molecule has 0 spiro atoms. The Hall–Kier alpha value is -2.87. The van der Waals surface area contributed by atoms with Crippen LogP contribution in [-0.4, -0.2) is 51.9 Å². The number of carbonyl (C=O) groups excluding carboxylic acids is 2. The largest absolute Gasteiger partial charge is 0.467 e. The molecular weight excluding hydrogens is 392 g/mol. The number of carbonyl (C=O) groups is 2. The second kappa shape index (κ2) is 8.24. The van der Waals surface area contributed by atoms with Gasteiger partial charge in [-0.25, -0.2) is 13.2 Å². The van der Waals surface area contributed by atoms with E-state index in [2.05, 4.69) is 0 Å². The Morgan fingerprint density at radius 3 is 2.28 bits per heavy atom. The molecule has 1 aliphatic heterocycles. The molecule has 1 aliphatic rings. The zero-order valence-electron chi connectivity index (χ0n) is 16.7. The molecule has 154 valence electrons. The average Bonchev–Trinajstić information content (AvgIpc) is 3.22. The molecular formula is C21H24N2O5S. The summed E-state index contributed by atoms with van der Waals surface area (Å²) in [6, 6.07) is 12.4. The third-order valence-corrected chi connectivity index (χ3v) is 6.94. The number of sulfonamides is 1. The number of amides is 1. The lowest BCUT2D eigenvalue weighted by Gasteiger charge is -2.23. The van der Waals surface area contributed by atoms with Crippen LogP contribution in [0, 0.1) is 6.92 Å². The highest BCUT2D eigenvalue weighted by molar-refractivity contribution is 7.92. The number of benzene rings is 2. The van der Waals surface area contributed by atoms with Crippen LogP contribution >= 0.6 is 0 Å². The molecule has 2 aromatic rings. The number of esters is 1. The maximum Gasteiger partial charge on any atom is 0.328 e. The minimum Gasteiger partial charge on any atom is -0.467 e. The average molecular weight is 416 g/mol. The number of methoxy groups -OCH3 is 1. The van der Waals surface area contributed by atoms with Gasteiger partial charge in [-0.15, -0.1) is 0 Å². The predicted molar refractivity (Wildman–Crippen MR) is 109 cm³/mol. The molecule has 7 nitrogen and oxygen atoms in total. The lowest BCUT2D eigenvalue weighted by Crippen LogP contribution is -2.41. The minimum atomic E-state index is -3.70. The summed E-state index contributed by atoms with van der Waals surface area (Å²) in [5.74, 6) is -0.690. The Labute approximate surface area is 170 Å². The summed E-state index contributed by atoms with van der Waals surface area (Å²) >= 11 is 0. The van der Waals surface area contributed by atoms with E-state index in [-0.39, 0.29) is 10.8 Å². The van der Waals surface area contributed by atoms with Crippen LogP contribution in [0.2, 0.25) is 0 Å². The zero-order chi connectivity index (χ0) is 21.2. The molecule has 2 aromatic carbocycles. The topological polar surface area (TPSA) is 84.0 Å². The Balaban J connectivity index is 1.80. The summed E-state index contributed by atoms with van der Waals surface area (Å²) in [4.78, 5) is 26.4. The van der Waals surface area contributed by atoms with Gasteiger partial charge in [-0.3, -0.25) is 9.10 Å². The van der Waals surface area contributed by atoms with Crippen LogP contribution in [-0.2, 0) is 19.6 Å². The van der Waals surface area contributed by atoms with Gasteiger partial charge in [-0.05, 0) is 56.2 Å². The summed E-state index contributed by atoms with van der Waals surface area (Å²) in [5.41, 5.74) is 1.81. The molecule has 1 unspecified atom stereocenters. The summed E-state index contributed by atoms with van der Waals surface area (Å²) in [5, 5.41) is 0. The summed E-state index contributed by atoms with van der Waals surface area (Å²) in [7, 11) is -0.924. The van der Waals surface area contributed by atoms with E-state index < -0.39 is 22.0 Å². The fourth-order valence-corrected chi connectivity index (χ4v) is 4.57. The van der Waals surface area contributed by atoms with Crippen molar-refractivity contribution >= 4 is 27.6 Å². The number of likely N-dealkylation sites (tertiary alicyclic amines) is 1. The molecule has 29 heavy (non-hydrogen) atoms. The third kappa shape index (κ3) is 4.12. The lowest BCUT2D eigenvalue weighted by molar-refractivity contribution is -0.145. The van der Waals surface area contributed by atoms with Crippen LogP contribution in [0.25, 0.3) is 0 Å². The minimum absolute atomic E-state index is 0.198. The van der Waals surface area contributed by atoms with Crippen LogP contribution in [0.1, 0.15) is 28.8 Å². The van der Waals surface area contributed by atoms with Gasteiger partial charge in [0.25, 0.3) is 15.9 Å². The van der Waals surface area contributed by atoms with Gasteiger partial charge in [-0.2, -0.15) is 0 Å². The summed E-state index contributed by atoms with van der Waals surface area (Å²) in [6.45, 7) is 2.38. The Morgan fingerprint density at radius 1 is 1.07 bits per heavy atom. The molecule has 0 radical (unpaired) electrons. The third-order valence-electron chi connectivity index (χ3n) is 5.14. The van der Waals surface area contributed by atoms with Gasteiger partial charge in [-0.1, -0.05) is 17.7 Å². The highest BCUT2D eigenvalue weighted by Crippen LogP contribution is 2.25. The van der Waals surface area contributed by atoms with E-state index in [1.165, 1.54) is 23.4 Å². The normalized spacial score (nSPS) is 16.5. The van der Waals surface area contributed by atoms with E-state index in [0.29, 0.717) is 24.2 Å². The fraction of sp³-hybridized carbons (Fsp3) is 0.333. The van der Waals surface area contributed by atoms with E-state index in [9.17, 15) is 18.0 Å². The molecule has 8 heteroatoms. The van der Waals surface area contributed by atoms with Gasteiger partial charge in [0, 0.05) is 19.2 Å². The van der Waals surface area contributed by atoms with Crippen LogP contribution in [0.3, 0.4) is 0 Å². The Kier molecular flexibility index (Phi) is 5.93.